The van der Waals surface area contributed by atoms with Gasteiger partial charge in [-0.2, -0.15) is 5.10 Å². The van der Waals surface area contributed by atoms with E-state index in [4.69, 9.17) is 9.84 Å². The number of hydrogen-bond donors (Lipinski definition) is 1. The van der Waals surface area contributed by atoms with Crippen molar-refractivity contribution in [2.45, 2.75) is 44.6 Å². The summed E-state index contributed by atoms with van der Waals surface area (Å²) in [5.41, 5.74) is 2.17. The topological polar surface area (TPSA) is 76.7 Å². The van der Waals surface area contributed by atoms with Gasteiger partial charge in [0.05, 0.1) is 18.5 Å². The average molecular weight is 393 g/mol. The molecule has 0 spiro atoms. The highest BCUT2D eigenvalue weighted by atomic mass is 16.5. The number of benzene rings is 1. The van der Waals surface area contributed by atoms with Crippen LogP contribution in [0.2, 0.25) is 0 Å². The van der Waals surface area contributed by atoms with Crippen LogP contribution in [0.1, 0.15) is 44.0 Å². The molecule has 1 aliphatic rings. The maximum atomic E-state index is 11.6. The Bertz CT molecular complexity index is 929. The van der Waals surface area contributed by atoms with Gasteiger partial charge in [0.25, 0.3) is 0 Å². The molecule has 0 bridgehead atoms. The summed E-state index contributed by atoms with van der Waals surface area (Å²) in [6, 6.07) is 9.51. The van der Waals surface area contributed by atoms with E-state index in [2.05, 4.69) is 11.6 Å². The zero-order chi connectivity index (χ0) is 20.9. The molecule has 3 rings (SSSR count). The van der Waals surface area contributed by atoms with E-state index >= 15 is 0 Å². The van der Waals surface area contributed by atoms with Crippen LogP contribution in [-0.2, 0) is 16.8 Å². The molecule has 0 aliphatic heterocycles. The smallest absolute Gasteiger partial charge is 0.133 e. The zero-order valence-electron chi connectivity index (χ0n) is 17.0. The Morgan fingerprint density at radius 1 is 1.34 bits per heavy atom. The van der Waals surface area contributed by atoms with Crippen molar-refractivity contribution in [3.63, 3.8) is 0 Å². The molecule has 2 aromatic rings. The average Bonchev–Trinajstić information content (AvgIpc) is 3.16. The number of rotatable bonds is 7. The molecule has 0 unspecified atom stereocenters. The fraction of sp³-hybridized carbons (Fsp3) is 0.348. The second-order valence-electron chi connectivity index (χ2n) is 7.26. The molecular formula is C23H27N3O3. The number of aliphatic imine (C=N–C) groups is 1. The van der Waals surface area contributed by atoms with Gasteiger partial charge in [-0.1, -0.05) is 12.7 Å². The van der Waals surface area contributed by atoms with Crippen LogP contribution in [0.5, 0.6) is 5.75 Å². The van der Waals surface area contributed by atoms with Crippen LogP contribution in [0.25, 0.3) is 5.69 Å². The Labute approximate surface area is 171 Å². The van der Waals surface area contributed by atoms with Crippen LogP contribution in [0.4, 0.5) is 0 Å². The van der Waals surface area contributed by atoms with Gasteiger partial charge in [0, 0.05) is 36.9 Å². The summed E-state index contributed by atoms with van der Waals surface area (Å²) in [5, 5.41) is 15.8. The summed E-state index contributed by atoms with van der Waals surface area (Å²) in [6.07, 6.45) is 7.49. The van der Waals surface area contributed by atoms with Crippen molar-refractivity contribution >= 4 is 12.0 Å². The highest BCUT2D eigenvalue weighted by Crippen LogP contribution is 2.35. The number of hydrogen-bond acceptors (Lipinski definition) is 5. The van der Waals surface area contributed by atoms with E-state index in [0.717, 1.165) is 22.8 Å². The first kappa shape index (κ1) is 20.7. The summed E-state index contributed by atoms with van der Waals surface area (Å²) in [5.74, 6) is 0.958. The third kappa shape index (κ3) is 4.90. The Balaban J connectivity index is 1.95. The standard InChI is InChI=1S/C23H27N3O3/c1-4-5-17(2)24-15-12-19-16-22(23(28)13-10-20(27)11-14-23)25-26(19)18-6-8-21(29-3)9-7-18/h4-9,15-16,28H,1,10-14H2,2-3H3/b17-5-,24-15?. The molecule has 0 radical (unpaired) electrons. The number of Topliss-reactive ketones (excluding diaryl/α,β-unsaturated/α-hetero) is 1. The lowest BCUT2D eigenvalue weighted by Gasteiger charge is -2.29. The molecular weight excluding hydrogens is 366 g/mol. The first-order valence-corrected chi connectivity index (χ1v) is 9.75. The van der Waals surface area contributed by atoms with Gasteiger partial charge in [0.2, 0.25) is 0 Å². The second kappa shape index (κ2) is 9.01. The highest BCUT2D eigenvalue weighted by Gasteiger charge is 2.36. The number of aliphatic hydroxyl groups is 1. The first-order valence-electron chi connectivity index (χ1n) is 9.75. The number of aromatic nitrogens is 2. The van der Waals surface area contributed by atoms with Gasteiger partial charge < -0.3 is 9.84 Å². The van der Waals surface area contributed by atoms with Crippen molar-refractivity contribution in [2.75, 3.05) is 7.11 Å². The van der Waals surface area contributed by atoms with Gasteiger partial charge in [0.1, 0.15) is 17.1 Å². The van der Waals surface area contributed by atoms with Gasteiger partial charge in [-0.05, 0) is 56.2 Å². The van der Waals surface area contributed by atoms with Crippen LogP contribution in [-0.4, -0.2) is 34.0 Å². The van der Waals surface area contributed by atoms with Gasteiger partial charge in [-0.15, -0.1) is 0 Å². The molecule has 29 heavy (non-hydrogen) atoms. The third-order valence-corrected chi connectivity index (χ3v) is 5.17. The molecule has 1 aromatic heterocycles. The van der Waals surface area contributed by atoms with Crippen LogP contribution in [0.3, 0.4) is 0 Å². The largest absolute Gasteiger partial charge is 0.497 e. The molecule has 1 heterocycles. The zero-order valence-corrected chi connectivity index (χ0v) is 17.0. The van der Waals surface area contributed by atoms with E-state index in [9.17, 15) is 9.90 Å². The number of ketones is 1. The van der Waals surface area contributed by atoms with Crippen molar-refractivity contribution in [2.24, 2.45) is 4.99 Å². The lowest BCUT2D eigenvalue weighted by Crippen LogP contribution is -2.32. The van der Waals surface area contributed by atoms with Gasteiger partial charge in [-0.25, -0.2) is 4.68 Å². The normalized spacial score (nSPS) is 16.9. The number of ether oxygens (including phenoxy) is 1. The minimum atomic E-state index is -1.07. The molecule has 0 saturated heterocycles. The molecule has 152 valence electrons. The van der Waals surface area contributed by atoms with Gasteiger partial charge in [0.15, 0.2) is 0 Å². The van der Waals surface area contributed by atoms with Gasteiger partial charge in [-0.3, -0.25) is 9.79 Å². The molecule has 1 aromatic carbocycles. The maximum Gasteiger partial charge on any atom is 0.133 e. The fourth-order valence-corrected chi connectivity index (χ4v) is 3.43. The third-order valence-electron chi connectivity index (χ3n) is 5.17. The summed E-state index contributed by atoms with van der Waals surface area (Å²) in [4.78, 5) is 16.0. The maximum absolute atomic E-state index is 11.6. The molecule has 0 atom stereocenters. The molecule has 1 saturated carbocycles. The summed E-state index contributed by atoms with van der Waals surface area (Å²) >= 11 is 0. The number of carbonyl (C=O) groups excluding carboxylic acids is 1. The van der Waals surface area contributed by atoms with Crippen molar-refractivity contribution in [1.82, 2.24) is 9.78 Å². The van der Waals surface area contributed by atoms with Crippen LogP contribution in [0.15, 0.2) is 59.8 Å². The van der Waals surface area contributed by atoms with E-state index in [1.807, 2.05) is 54.2 Å². The molecule has 6 nitrogen and oxygen atoms in total. The first-order chi connectivity index (χ1) is 13.9. The number of methoxy groups -OCH3 is 1. The second-order valence-corrected chi connectivity index (χ2v) is 7.26. The molecule has 6 heteroatoms. The van der Waals surface area contributed by atoms with Crippen LogP contribution in [0, 0.1) is 0 Å². The summed E-state index contributed by atoms with van der Waals surface area (Å²) in [6.45, 7) is 5.59. The molecule has 1 aliphatic carbocycles. The van der Waals surface area contributed by atoms with Crippen molar-refractivity contribution in [3.8, 4) is 11.4 Å². The Morgan fingerprint density at radius 2 is 2.03 bits per heavy atom. The van der Waals surface area contributed by atoms with E-state index in [1.165, 1.54) is 0 Å². The predicted molar refractivity (Wildman–Crippen MR) is 114 cm³/mol. The molecule has 0 amide bonds. The minimum absolute atomic E-state index is 0.195. The number of carbonyl (C=O) groups is 1. The lowest BCUT2D eigenvalue weighted by molar-refractivity contribution is -0.125. The van der Waals surface area contributed by atoms with Crippen LogP contribution < -0.4 is 4.74 Å². The van der Waals surface area contributed by atoms with E-state index < -0.39 is 5.60 Å². The number of nitrogens with zero attached hydrogens (tertiary/aromatic N) is 3. The Morgan fingerprint density at radius 3 is 2.66 bits per heavy atom. The van der Waals surface area contributed by atoms with E-state index in [-0.39, 0.29) is 5.78 Å². The minimum Gasteiger partial charge on any atom is -0.497 e. The molecule has 1 N–H and O–H groups in total. The van der Waals surface area contributed by atoms with E-state index in [0.29, 0.717) is 37.8 Å². The Kier molecular flexibility index (Phi) is 6.44. The quantitative estimate of drug-likeness (QED) is 0.571. The summed E-state index contributed by atoms with van der Waals surface area (Å²) in [7, 11) is 1.63. The Hall–Kier alpha value is -2.99. The number of allylic oxidation sites excluding steroid dienone is 3. The fourth-order valence-electron chi connectivity index (χ4n) is 3.43. The highest BCUT2D eigenvalue weighted by molar-refractivity contribution is 5.79. The van der Waals surface area contributed by atoms with E-state index in [1.54, 1.807) is 13.2 Å². The summed E-state index contributed by atoms with van der Waals surface area (Å²) < 4.78 is 7.06. The monoisotopic (exact) mass is 393 g/mol. The predicted octanol–water partition coefficient (Wildman–Crippen LogP) is 3.91. The SMILES string of the molecule is C=C/C=C(/C)N=CCc1cc(C2(O)CCC(=O)CC2)nn1-c1ccc(OC)cc1. The van der Waals surface area contributed by atoms with Crippen molar-refractivity contribution < 1.29 is 14.6 Å². The van der Waals surface area contributed by atoms with Crippen molar-refractivity contribution in [3.05, 3.63) is 66.1 Å². The molecule has 1 fully saturated rings. The van der Waals surface area contributed by atoms with Crippen LogP contribution >= 0.6 is 0 Å². The van der Waals surface area contributed by atoms with Crippen molar-refractivity contribution in [1.29, 1.82) is 0 Å². The van der Waals surface area contributed by atoms with Gasteiger partial charge >= 0.3 is 0 Å². The lowest BCUT2D eigenvalue weighted by atomic mass is 9.82.